The van der Waals surface area contributed by atoms with Gasteiger partial charge in [-0.15, -0.1) is 11.3 Å². The molecule has 1 aromatic heterocycles. The summed E-state index contributed by atoms with van der Waals surface area (Å²) in [5.74, 6) is -0.897. The maximum atomic E-state index is 13.0. The SMILES string of the molecule is COCCOCCOCCOCc1csc(C(=O)Nc2ccc(Cl)cc2C(=O)Nc2ccc(Cl)cc2)c1Cl. The van der Waals surface area contributed by atoms with E-state index in [1.165, 1.54) is 17.4 Å². The van der Waals surface area contributed by atoms with Crippen LogP contribution in [0.3, 0.4) is 0 Å². The first-order valence-corrected chi connectivity index (χ1v) is 13.6. The quantitative estimate of drug-likeness (QED) is 0.196. The summed E-state index contributed by atoms with van der Waals surface area (Å²) in [6.07, 6.45) is 0. The van der Waals surface area contributed by atoms with Crippen LogP contribution in [0.1, 0.15) is 25.6 Å². The number of amides is 2. The van der Waals surface area contributed by atoms with E-state index in [2.05, 4.69) is 10.6 Å². The third-order valence-electron chi connectivity index (χ3n) is 5.02. The van der Waals surface area contributed by atoms with Gasteiger partial charge < -0.3 is 29.6 Å². The lowest BCUT2D eigenvalue weighted by Gasteiger charge is -2.12. The number of carbonyl (C=O) groups is 2. The van der Waals surface area contributed by atoms with E-state index in [4.69, 9.17) is 53.8 Å². The minimum atomic E-state index is -0.453. The number of methoxy groups -OCH3 is 1. The molecule has 0 unspecified atom stereocenters. The van der Waals surface area contributed by atoms with Crippen LogP contribution in [-0.4, -0.2) is 58.6 Å². The number of rotatable bonds is 15. The first-order chi connectivity index (χ1) is 18.4. The number of carbonyl (C=O) groups excluding carboxylic acids is 2. The minimum absolute atomic E-state index is 0.195. The second-order valence-corrected chi connectivity index (χ2v) is 9.91. The van der Waals surface area contributed by atoms with Crippen LogP contribution in [0.2, 0.25) is 15.1 Å². The molecule has 2 aromatic carbocycles. The maximum Gasteiger partial charge on any atom is 0.267 e. The zero-order valence-corrected chi connectivity index (χ0v) is 23.6. The van der Waals surface area contributed by atoms with Gasteiger partial charge in [-0.05, 0) is 47.8 Å². The fourth-order valence-corrected chi connectivity index (χ4v) is 4.65. The van der Waals surface area contributed by atoms with Crippen LogP contribution in [0.15, 0.2) is 47.8 Å². The number of hydrogen-bond acceptors (Lipinski definition) is 7. The van der Waals surface area contributed by atoms with Gasteiger partial charge in [0, 0.05) is 28.4 Å². The van der Waals surface area contributed by atoms with E-state index in [0.29, 0.717) is 70.8 Å². The summed E-state index contributed by atoms with van der Waals surface area (Å²) < 4.78 is 21.3. The molecule has 1 heterocycles. The van der Waals surface area contributed by atoms with Crippen LogP contribution in [0.4, 0.5) is 11.4 Å². The van der Waals surface area contributed by atoms with Crippen molar-refractivity contribution in [3.05, 3.63) is 78.9 Å². The van der Waals surface area contributed by atoms with Crippen molar-refractivity contribution >= 4 is 69.3 Å². The molecule has 3 aromatic rings. The third kappa shape index (κ3) is 9.52. The number of nitrogens with one attached hydrogen (secondary N) is 2. The lowest BCUT2D eigenvalue weighted by atomic mass is 10.1. The predicted octanol–water partition coefficient (Wildman–Crippen LogP) is 6.41. The summed E-state index contributed by atoms with van der Waals surface area (Å²) in [7, 11) is 1.62. The van der Waals surface area contributed by atoms with Crippen LogP contribution in [0.25, 0.3) is 0 Å². The Balaban J connectivity index is 1.53. The van der Waals surface area contributed by atoms with Gasteiger partial charge in [-0.25, -0.2) is 0 Å². The third-order valence-corrected chi connectivity index (χ3v) is 7.07. The van der Waals surface area contributed by atoms with E-state index in [1.807, 2.05) is 0 Å². The second-order valence-electron chi connectivity index (χ2n) is 7.78. The predicted molar refractivity (Wildman–Crippen MR) is 151 cm³/mol. The molecule has 0 radical (unpaired) electrons. The number of anilines is 2. The molecule has 38 heavy (non-hydrogen) atoms. The minimum Gasteiger partial charge on any atom is -0.382 e. The van der Waals surface area contributed by atoms with Crippen LogP contribution < -0.4 is 10.6 Å². The number of thiophene rings is 1. The lowest BCUT2D eigenvalue weighted by molar-refractivity contribution is 0.000914. The molecule has 2 amide bonds. The Kier molecular flexibility index (Phi) is 12.8. The molecule has 0 bridgehead atoms. The summed E-state index contributed by atoms with van der Waals surface area (Å²) in [4.78, 5) is 26.2. The Hall–Kier alpha value is -2.21. The van der Waals surface area contributed by atoms with Crippen molar-refractivity contribution in [2.24, 2.45) is 0 Å². The van der Waals surface area contributed by atoms with Gasteiger partial charge in [-0.2, -0.15) is 0 Å². The largest absolute Gasteiger partial charge is 0.382 e. The van der Waals surface area contributed by atoms with E-state index >= 15 is 0 Å². The standard InChI is InChI=1S/C26H27Cl3N2O6S/c1-34-8-9-35-10-11-36-12-13-37-15-17-16-38-24(23(17)29)26(33)31-22-7-4-19(28)14-21(22)25(32)30-20-5-2-18(27)3-6-20/h2-7,14,16H,8-13,15H2,1H3,(H,30,32)(H,31,33). The Morgan fingerprint density at radius 3 is 2.11 bits per heavy atom. The maximum absolute atomic E-state index is 13.0. The first kappa shape index (κ1) is 30.3. The zero-order valence-electron chi connectivity index (χ0n) is 20.6. The van der Waals surface area contributed by atoms with E-state index in [1.54, 1.807) is 48.9 Å². The van der Waals surface area contributed by atoms with Crippen LogP contribution >= 0.6 is 46.1 Å². The van der Waals surface area contributed by atoms with Gasteiger partial charge in [-0.3, -0.25) is 9.59 Å². The van der Waals surface area contributed by atoms with Crippen molar-refractivity contribution in [2.75, 3.05) is 57.4 Å². The van der Waals surface area contributed by atoms with Gasteiger partial charge in [0.05, 0.1) is 62.5 Å². The highest BCUT2D eigenvalue weighted by Gasteiger charge is 2.20. The van der Waals surface area contributed by atoms with E-state index < -0.39 is 11.8 Å². The highest BCUT2D eigenvalue weighted by molar-refractivity contribution is 7.13. The molecule has 0 fully saturated rings. The number of ether oxygens (including phenoxy) is 4. The molecule has 0 spiro atoms. The Morgan fingerprint density at radius 2 is 1.42 bits per heavy atom. The molecule has 0 aliphatic carbocycles. The van der Waals surface area contributed by atoms with Crippen molar-refractivity contribution in [3.63, 3.8) is 0 Å². The molecule has 204 valence electrons. The second kappa shape index (κ2) is 16.0. The summed E-state index contributed by atoms with van der Waals surface area (Å²) in [6.45, 7) is 3.01. The van der Waals surface area contributed by atoms with Crippen molar-refractivity contribution in [3.8, 4) is 0 Å². The van der Waals surface area contributed by atoms with Gasteiger partial charge in [0.2, 0.25) is 0 Å². The van der Waals surface area contributed by atoms with Crippen LogP contribution in [-0.2, 0) is 25.6 Å². The number of hydrogen-bond donors (Lipinski definition) is 2. The molecule has 0 saturated heterocycles. The molecule has 0 aliphatic heterocycles. The van der Waals surface area contributed by atoms with E-state index in [9.17, 15) is 9.59 Å². The molecule has 0 aliphatic rings. The molecular formula is C26H27Cl3N2O6S. The smallest absolute Gasteiger partial charge is 0.267 e. The van der Waals surface area contributed by atoms with Crippen LogP contribution in [0.5, 0.6) is 0 Å². The highest BCUT2D eigenvalue weighted by atomic mass is 35.5. The topological polar surface area (TPSA) is 95.1 Å². The summed E-state index contributed by atoms with van der Waals surface area (Å²) in [5.41, 5.74) is 1.71. The Morgan fingerprint density at radius 1 is 0.789 bits per heavy atom. The Bertz CT molecular complexity index is 1210. The van der Waals surface area contributed by atoms with Crippen molar-refractivity contribution < 1.29 is 28.5 Å². The summed E-state index contributed by atoms with van der Waals surface area (Å²) >= 11 is 19.7. The lowest BCUT2D eigenvalue weighted by Crippen LogP contribution is -2.18. The van der Waals surface area contributed by atoms with Crippen LogP contribution in [0, 0.1) is 0 Å². The van der Waals surface area contributed by atoms with Gasteiger partial charge in [0.25, 0.3) is 11.8 Å². The molecule has 0 saturated carbocycles. The number of halogens is 3. The highest BCUT2D eigenvalue weighted by Crippen LogP contribution is 2.30. The normalized spacial score (nSPS) is 10.9. The van der Waals surface area contributed by atoms with Gasteiger partial charge in [-0.1, -0.05) is 34.8 Å². The average molecular weight is 602 g/mol. The Labute approximate surface area is 240 Å². The van der Waals surface area contributed by atoms with Crippen molar-refractivity contribution in [2.45, 2.75) is 6.61 Å². The molecule has 0 atom stereocenters. The number of benzene rings is 2. The van der Waals surface area contributed by atoms with Crippen molar-refractivity contribution in [1.29, 1.82) is 0 Å². The molecule has 3 rings (SSSR count). The zero-order chi connectivity index (χ0) is 27.3. The molecule has 2 N–H and O–H groups in total. The van der Waals surface area contributed by atoms with Gasteiger partial charge in [0.15, 0.2) is 0 Å². The molecular weight excluding hydrogens is 575 g/mol. The fraction of sp³-hybridized carbons (Fsp3) is 0.308. The van der Waals surface area contributed by atoms with Crippen molar-refractivity contribution in [1.82, 2.24) is 0 Å². The molecule has 8 nitrogen and oxygen atoms in total. The summed E-state index contributed by atoms with van der Waals surface area (Å²) in [5, 5.41) is 8.47. The van der Waals surface area contributed by atoms with Gasteiger partial charge >= 0.3 is 0 Å². The first-order valence-electron chi connectivity index (χ1n) is 11.5. The molecule has 12 heteroatoms. The van der Waals surface area contributed by atoms with E-state index in [-0.39, 0.29) is 17.9 Å². The summed E-state index contributed by atoms with van der Waals surface area (Å²) in [6, 6.07) is 11.3. The fourth-order valence-electron chi connectivity index (χ4n) is 3.12. The van der Waals surface area contributed by atoms with Gasteiger partial charge in [0.1, 0.15) is 4.88 Å². The average Bonchev–Trinajstić information content (AvgIpc) is 3.27. The van der Waals surface area contributed by atoms with E-state index in [0.717, 1.165) is 0 Å². The monoisotopic (exact) mass is 600 g/mol.